The van der Waals surface area contributed by atoms with Crippen molar-refractivity contribution in [1.82, 2.24) is 9.97 Å². The van der Waals surface area contributed by atoms with Gasteiger partial charge in [0, 0.05) is 29.1 Å². The van der Waals surface area contributed by atoms with Gasteiger partial charge in [0.15, 0.2) is 0 Å². The average Bonchev–Trinajstić information content (AvgIpc) is 3.73. The Kier molecular flexibility index (Phi) is 5.04. The lowest BCUT2D eigenvalue weighted by Gasteiger charge is -2.21. The number of hydrogen-bond acceptors (Lipinski definition) is 4. The molecule has 5 atom stereocenters. The van der Waals surface area contributed by atoms with E-state index in [1.807, 2.05) is 18.2 Å². The van der Waals surface area contributed by atoms with Crippen LogP contribution in [0.25, 0.3) is 10.9 Å². The Bertz CT molecular complexity index is 1180. The SMILES string of the molecule is CCC(C(=O)Nc1ccc(C2CC2)nc1)C1[C@H]2CC(Oc3ccnc4ccc(F)cc34)C[C@@H]12. The number of hydrogen-bond donors (Lipinski definition) is 1. The molecule has 1 aromatic carbocycles. The van der Waals surface area contributed by atoms with Crippen molar-refractivity contribution < 1.29 is 13.9 Å². The predicted molar refractivity (Wildman–Crippen MR) is 124 cm³/mol. The molecule has 3 unspecified atom stereocenters. The minimum Gasteiger partial charge on any atom is -0.490 e. The number of rotatable bonds is 7. The summed E-state index contributed by atoms with van der Waals surface area (Å²) in [4.78, 5) is 21.8. The van der Waals surface area contributed by atoms with Crippen LogP contribution in [-0.4, -0.2) is 22.0 Å². The number of halogens is 1. The largest absolute Gasteiger partial charge is 0.490 e. The first-order chi connectivity index (χ1) is 16.1. The van der Waals surface area contributed by atoms with E-state index < -0.39 is 0 Å². The van der Waals surface area contributed by atoms with Crippen molar-refractivity contribution >= 4 is 22.5 Å². The van der Waals surface area contributed by atoms with E-state index in [0.717, 1.165) is 36.2 Å². The Hall–Kier alpha value is -3.02. The first-order valence-corrected chi connectivity index (χ1v) is 12.1. The molecule has 3 aliphatic carbocycles. The Balaban J connectivity index is 1.07. The van der Waals surface area contributed by atoms with Gasteiger partial charge < -0.3 is 10.1 Å². The molecule has 2 aromatic heterocycles. The van der Waals surface area contributed by atoms with Gasteiger partial charge >= 0.3 is 0 Å². The molecule has 3 saturated carbocycles. The van der Waals surface area contributed by atoms with E-state index in [1.54, 1.807) is 18.5 Å². The number of benzene rings is 1. The monoisotopic (exact) mass is 445 g/mol. The van der Waals surface area contributed by atoms with Crippen LogP contribution in [-0.2, 0) is 4.79 Å². The van der Waals surface area contributed by atoms with Crippen molar-refractivity contribution in [3.63, 3.8) is 0 Å². The number of nitrogens with one attached hydrogen (secondary N) is 1. The highest BCUT2D eigenvalue weighted by atomic mass is 19.1. The molecular formula is C27H28FN3O2. The second kappa shape index (κ2) is 8.08. The molecule has 0 aliphatic heterocycles. The highest BCUT2D eigenvalue weighted by molar-refractivity contribution is 5.93. The summed E-state index contributed by atoms with van der Waals surface area (Å²) in [5.74, 6) is 2.59. The van der Waals surface area contributed by atoms with Crippen LogP contribution >= 0.6 is 0 Å². The summed E-state index contributed by atoms with van der Waals surface area (Å²) in [5.41, 5.74) is 2.65. The van der Waals surface area contributed by atoms with E-state index in [1.165, 1.54) is 25.0 Å². The van der Waals surface area contributed by atoms with Crippen molar-refractivity contribution in [2.24, 2.45) is 23.7 Å². The minimum atomic E-state index is -0.288. The molecule has 6 heteroatoms. The van der Waals surface area contributed by atoms with Crippen molar-refractivity contribution in [3.8, 4) is 5.75 Å². The lowest BCUT2D eigenvalue weighted by Crippen LogP contribution is -2.27. The van der Waals surface area contributed by atoms with Gasteiger partial charge in [-0.15, -0.1) is 0 Å². The van der Waals surface area contributed by atoms with Gasteiger partial charge in [-0.3, -0.25) is 14.8 Å². The van der Waals surface area contributed by atoms with E-state index >= 15 is 0 Å². The third-order valence-electron chi connectivity index (χ3n) is 7.72. The van der Waals surface area contributed by atoms with Gasteiger partial charge in [-0.1, -0.05) is 6.92 Å². The molecule has 0 bridgehead atoms. The number of amides is 1. The van der Waals surface area contributed by atoms with Crippen molar-refractivity contribution in [2.75, 3.05) is 5.32 Å². The molecule has 0 spiro atoms. The third kappa shape index (κ3) is 3.96. The molecule has 1 N–H and O–H groups in total. The summed E-state index contributed by atoms with van der Waals surface area (Å²) in [7, 11) is 0. The van der Waals surface area contributed by atoms with Crippen molar-refractivity contribution in [3.05, 3.63) is 60.3 Å². The Morgan fingerprint density at radius 2 is 1.97 bits per heavy atom. The smallest absolute Gasteiger partial charge is 0.227 e. The number of anilines is 1. The topological polar surface area (TPSA) is 64.1 Å². The van der Waals surface area contributed by atoms with E-state index in [2.05, 4.69) is 22.2 Å². The molecule has 1 amide bonds. The Labute approximate surface area is 192 Å². The highest BCUT2D eigenvalue weighted by Crippen LogP contribution is 2.62. The molecule has 33 heavy (non-hydrogen) atoms. The van der Waals surface area contributed by atoms with Gasteiger partial charge in [0.2, 0.25) is 5.91 Å². The van der Waals surface area contributed by atoms with E-state index in [0.29, 0.717) is 34.8 Å². The van der Waals surface area contributed by atoms with Gasteiger partial charge in [-0.25, -0.2) is 4.39 Å². The van der Waals surface area contributed by atoms with Gasteiger partial charge in [0.1, 0.15) is 11.6 Å². The number of carbonyl (C=O) groups is 1. The molecule has 5 nitrogen and oxygen atoms in total. The van der Waals surface area contributed by atoms with Crippen molar-refractivity contribution in [1.29, 1.82) is 0 Å². The van der Waals surface area contributed by atoms with Crippen LogP contribution < -0.4 is 10.1 Å². The van der Waals surface area contributed by atoms with E-state index in [4.69, 9.17) is 4.74 Å². The fourth-order valence-corrected chi connectivity index (χ4v) is 5.88. The molecule has 6 rings (SSSR count). The summed E-state index contributed by atoms with van der Waals surface area (Å²) in [6.07, 6.45) is 8.75. The number of nitrogens with zero attached hydrogens (tertiary/aromatic N) is 2. The number of ether oxygens (including phenoxy) is 1. The van der Waals surface area contributed by atoms with Gasteiger partial charge in [-0.05, 0) is 86.3 Å². The first-order valence-electron chi connectivity index (χ1n) is 12.1. The number of fused-ring (bicyclic) bond motifs is 2. The summed E-state index contributed by atoms with van der Waals surface area (Å²) >= 11 is 0. The van der Waals surface area contributed by atoms with Crippen LogP contribution in [0.15, 0.2) is 48.8 Å². The zero-order valence-corrected chi connectivity index (χ0v) is 18.7. The molecule has 0 saturated heterocycles. The minimum absolute atomic E-state index is 0.0138. The fraction of sp³-hybridized carbons (Fsp3) is 0.444. The molecule has 3 aliphatic rings. The normalized spacial score (nSPS) is 26.6. The standard InChI is InChI=1S/C27H28FN3O2/c1-2-19(27(32)31-17-6-8-23(30-14-17)15-3-4-15)26-20-12-18(13-21(20)26)33-25-9-10-29-24-7-5-16(28)11-22(24)25/h5-11,14-15,18-21,26H,2-4,12-13H2,1H3,(H,31,32)/t18?,19?,20-,21+,26?. The maximum absolute atomic E-state index is 13.7. The second-order valence-corrected chi connectivity index (χ2v) is 9.84. The molecule has 3 aromatic rings. The molecule has 170 valence electrons. The summed E-state index contributed by atoms with van der Waals surface area (Å²) in [6, 6.07) is 10.4. The maximum atomic E-state index is 13.7. The molecular weight excluding hydrogens is 417 g/mol. The fourth-order valence-electron chi connectivity index (χ4n) is 5.88. The number of pyridine rings is 2. The van der Waals surface area contributed by atoms with Gasteiger partial charge in [0.05, 0.1) is 23.5 Å². The quantitative estimate of drug-likeness (QED) is 0.506. The molecule has 2 heterocycles. The Morgan fingerprint density at radius 3 is 2.67 bits per heavy atom. The second-order valence-electron chi connectivity index (χ2n) is 9.84. The summed E-state index contributed by atoms with van der Waals surface area (Å²) in [5, 5.41) is 3.80. The first kappa shape index (κ1) is 20.6. The average molecular weight is 446 g/mol. The molecule has 3 fully saturated rings. The Morgan fingerprint density at radius 1 is 1.15 bits per heavy atom. The van der Waals surface area contributed by atoms with Crippen LogP contribution in [0.1, 0.15) is 50.6 Å². The van der Waals surface area contributed by atoms with Crippen LogP contribution in [0.3, 0.4) is 0 Å². The van der Waals surface area contributed by atoms with Crippen LogP contribution in [0.2, 0.25) is 0 Å². The zero-order valence-electron chi connectivity index (χ0n) is 18.7. The summed E-state index contributed by atoms with van der Waals surface area (Å²) in [6.45, 7) is 2.10. The van der Waals surface area contributed by atoms with Gasteiger partial charge in [0.25, 0.3) is 0 Å². The summed E-state index contributed by atoms with van der Waals surface area (Å²) < 4.78 is 20.0. The van der Waals surface area contributed by atoms with E-state index in [-0.39, 0.29) is 23.7 Å². The van der Waals surface area contributed by atoms with Crippen LogP contribution in [0.4, 0.5) is 10.1 Å². The number of aromatic nitrogens is 2. The lowest BCUT2D eigenvalue weighted by atomic mass is 9.93. The van der Waals surface area contributed by atoms with E-state index in [9.17, 15) is 9.18 Å². The van der Waals surface area contributed by atoms with Crippen LogP contribution in [0.5, 0.6) is 5.75 Å². The van der Waals surface area contributed by atoms with Gasteiger partial charge in [-0.2, -0.15) is 0 Å². The number of carbonyl (C=O) groups excluding carboxylic acids is 1. The lowest BCUT2D eigenvalue weighted by molar-refractivity contribution is -0.121. The van der Waals surface area contributed by atoms with Crippen LogP contribution in [0, 0.1) is 29.5 Å². The molecule has 0 radical (unpaired) electrons. The van der Waals surface area contributed by atoms with Crippen molar-refractivity contribution in [2.45, 2.75) is 51.0 Å². The highest BCUT2D eigenvalue weighted by Gasteiger charge is 2.60. The predicted octanol–water partition coefficient (Wildman–Crippen LogP) is 5.71. The zero-order chi connectivity index (χ0) is 22.5. The third-order valence-corrected chi connectivity index (χ3v) is 7.72. The maximum Gasteiger partial charge on any atom is 0.227 e.